The minimum absolute atomic E-state index is 0.313. The lowest BCUT2D eigenvalue weighted by molar-refractivity contribution is -0.704. The van der Waals surface area contributed by atoms with E-state index in [1.807, 2.05) is 0 Å². The van der Waals surface area contributed by atoms with Crippen molar-refractivity contribution in [3.63, 3.8) is 0 Å². The number of fused-ring (bicyclic) bond motifs is 12. The van der Waals surface area contributed by atoms with Gasteiger partial charge in [0.15, 0.2) is 24.3 Å². The number of nitrogens with zero attached hydrogens (tertiary/aromatic N) is 2. The molecule has 3 heteroatoms. The zero-order valence-corrected chi connectivity index (χ0v) is 21.3. The molecular weight excluding hydrogens is 452 g/mol. The summed E-state index contributed by atoms with van der Waals surface area (Å²) in [7, 11) is 0. The number of furan rings is 1. The van der Waals surface area contributed by atoms with Crippen LogP contribution in [0.2, 0.25) is 0 Å². The van der Waals surface area contributed by atoms with Gasteiger partial charge in [-0.05, 0) is 30.5 Å². The first kappa shape index (κ1) is 20.4. The summed E-state index contributed by atoms with van der Waals surface area (Å²) in [5.74, 6) is 2.74. The zero-order chi connectivity index (χ0) is 24.4. The molecule has 3 nitrogen and oxygen atoms in total. The average Bonchev–Trinajstić information content (AvgIpc) is 3.39. The first-order chi connectivity index (χ1) is 18.2. The lowest BCUT2D eigenvalue weighted by Gasteiger charge is -2.22. The Morgan fingerprint density at radius 3 is 2.59 bits per heavy atom. The van der Waals surface area contributed by atoms with Crippen LogP contribution in [-0.4, -0.2) is 22.4 Å². The highest BCUT2D eigenvalue weighted by atomic mass is 16.3. The van der Waals surface area contributed by atoms with Crippen LogP contribution in [0.25, 0.3) is 28.3 Å². The van der Waals surface area contributed by atoms with Gasteiger partial charge >= 0.3 is 0 Å². The molecule has 0 bridgehead atoms. The van der Waals surface area contributed by atoms with Crippen molar-refractivity contribution in [1.29, 1.82) is 0 Å². The third-order valence-electron chi connectivity index (χ3n) is 9.69. The predicted octanol–water partition coefficient (Wildman–Crippen LogP) is 6.44. The van der Waals surface area contributed by atoms with Gasteiger partial charge in [0, 0.05) is 47.1 Å². The Labute approximate surface area is 217 Å². The Morgan fingerprint density at radius 2 is 1.70 bits per heavy atom. The van der Waals surface area contributed by atoms with Crippen molar-refractivity contribution in [2.45, 2.75) is 50.7 Å². The van der Waals surface area contributed by atoms with Gasteiger partial charge in [-0.25, -0.2) is 4.58 Å². The van der Waals surface area contributed by atoms with Crippen LogP contribution in [0, 0.1) is 11.8 Å². The molecule has 9 rings (SSSR count). The zero-order valence-electron chi connectivity index (χ0n) is 21.3. The second kappa shape index (κ2) is 6.98. The largest absolute Gasteiger partial charge is 0.453 e. The number of allylic oxidation sites excluding steroid dienone is 2. The fraction of sp³-hybridized carbons (Fsp3) is 0.294. The molecule has 3 aliphatic heterocycles. The maximum atomic E-state index is 6.69. The van der Waals surface area contributed by atoms with Crippen molar-refractivity contribution in [3.8, 4) is 11.3 Å². The number of aromatic nitrogens is 1. The Morgan fingerprint density at radius 1 is 0.892 bits per heavy atom. The van der Waals surface area contributed by atoms with Gasteiger partial charge < -0.3 is 4.42 Å². The van der Waals surface area contributed by atoms with Crippen molar-refractivity contribution in [2.24, 2.45) is 11.8 Å². The molecule has 6 atom stereocenters. The monoisotopic (exact) mass is 482 g/mol. The number of hydrogen-bond acceptors (Lipinski definition) is 1. The van der Waals surface area contributed by atoms with E-state index < -0.39 is 0 Å². The fourth-order valence-corrected chi connectivity index (χ4v) is 8.12. The quantitative estimate of drug-likeness (QED) is 0.286. The Hall–Kier alpha value is -3.72. The van der Waals surface area contributed by atoms with Gasteiger partial charge in [-0.2, -0.15) is 4.57 Å². The molecular formula is C34H30N2O+2. The van der Waals surface area contributed by atoms with Crippen LogP contribution in [0.5, 0.6) is 0 Å². The Kier molecular flexibility index (Phi) is 3.84. The van der Waals surface area contributed by atoms with E-state index >= 15 is 0 Å². The Balaban J connectivity index is 1.26. The SMILES string of the molecule is CC1C=Cc2c(oc3c4[n+](ccc23)C(C2C3c5ccccc5C5=[N+](C(C)CC=C5)C32)c2ccccc2-4)C1. The van der Waals surface area contributed by atoms with Crippen LogP contribution in [0.15, 0.2) is 83.4 Å². The number of rotatable bonds is 1. The molecule has 4 aromatic rings. The Bertz CT molecular complexity index is 1750. The first-order valence-electron chi connectivity index (χ1n) is 13.9. The van der Waals surface area contributed by atoms with Gasteiger partial charge in [-0.1, -0.05) is 61.5 Å². The molecule has 0 amide bonds. The van der Waals surface area contributed by atoms with Crippen molar-refractivity contribution < 1.29 is 13.6 Å². The fourth-order valence-electron chi connectivity index (χ4n) is 8.12. The van der Waals surface area contributed by atoms with E-state index in [9.17, 15) is 0 Å². The van der Waals surface area contributed by atoms with Crippen LogP contribution in [0.1, 0.15) is 60.2 Å². The molecule has 1 fully saturated rings. The maximum absolute atomic E-state index is 6.69. The van der Waals surface area contributed by atoms with Crippen molar-refractivity contribution in [3.05, 3.63) is 107 Å². The van der Waals surface area contributed by atoms with Crippen LogP contribution >= 0.6 is 0 Å². The molecule has 0 spiro atoms. The summed E-state index contributed by atoms with van der Waals surface area (Å²) >= 11 is 0. The molecule has 2 aliphatic carbocycles. The highest BCUT2D eigenvalue weighted by molar-refractivity contribution is 6.07. The van der Waals surface area contributed by atoms with E-state index in [4.69, 9.17) is 4.42 Å². The normalized spacial score (nSPS) is 29.9. The van der Waals surface area contributed by atoms with E-state index in [0.29, 0.717) is 35.9 Å². The van der Waals surface area contributed by atoms with Crippen molar-refractivity contribution >= 4 is 22.8 Å². The van der Waals surface area contributed by atoms with E-state index in [1.54, 1.807) is 0 Å². The highest BCUT2D eigenvalue weighted by Crippen LogP contribution is 2.61. The summed E-state index contributed by atoms with van der Waals surface area (Å²) in [5.41, 5.74) is 10.8. The molecule has 0 saturated heterocycles. The summed E-state index contributed by atoms with van der Waals surface area (Å²) in [6, 6.07) is 21.9. The predicted molar refractivity (Wildman–Crippen MR) is 146 cm³/mol. The minimum atomic E-state index is 0.313. The van der Waals surface area contributed by atoms with Gasteiger partial charge in [0.25, 0.3) is 5.69 Å². The van der Waals surface area contributed by atoms with Crippen LogP contribution in [-0.2, 0) is 6.42 Å². The van der Waals surface area contributed by atoms with Gasteiger partial charge in [-0.15, -0.1) is 0 Å². The minimum Gasteiger partial charge on any atom is -0.453 e. The van der Waals surface area contributed by atoms with E-state index in [0.717, 1.165) is 24.2 Å². The van der Waals surface area contributed by atoms with Crippen molar-refractivity contribution in [1.82, 2.24) is 0 Å². The summed E-state index contributed by atoms with van der Waals surface area (Å²) in [4.78, 5) is 0. The van der Waals surface area contributed by atoms with Crippen LogP contribution in [0.3, 0.4) is 0 Å². The average molecular weight is 483 g/mol. The molecule has 1 saturated carbocycles. The third-order valence-corrected chi connectivity index (χ3v) is 9.69. The second-order valence-electron chi connectivity index (χ2n) is 11.8. The van der Waals surface area contributed by atoms with Gasteiger partial charge in [0.1, 0.15) is 11.7 Å². The molecule has 2 aromatic carbocycles. The lowest BCUT2D eigenvalue weighted by atomic mass is 9.92. The van der Waals surface area contributed by atoms with E-state index in [1.165, 1.54) is 44.6 Å². The number of benzene rings is 2. The molecule has 2 aromatic heterocycles. The molecule has 5 aliphatic rings. The second-order valence-corrected chi connectivity index (χ2v) is 11.8. The summed E-state index contributed by atoms with van der Waals surface area (Å²) in [5, 5.41) is 1.25. The molecule has 0 N–H and O–H groups in total. The molecule has 37 heavy (non-hydrogen) atoms. The molecule has 180 valence electrons. The lowest BCUT2D eigenvalue weighted by Crippen LogP contribution is -2.41. The molecule has 5 heterocycles. The maximum Gasteiger partial charge on any atom is 0.257 e. The van der Waals surface area contributed by atoms with Crippen molar-refractivity contribution in [2.75, 3.05) is 0 Å². The standard InChI is InChI=1S/C34H30N2O/c1-19-14-15-22-26-16-17-35-31(24-11-5-6-12-25(24)32(35)34(26)37-28(22)18-19)30-29-23-10-4-3-9-21(23)27-13-7-8-20(2)36(27)33(29)30/h3-7,9-17,19-20,29-31,33H,8,18H2,1-2H3/q+2. The van der Waals surface area contributed by atoms with Crippen LogP contribution < -0.4 is 4.57 Å². The summed E-state index contributed by atoms with van der Waals surface area (Å²) in [6.45, 7) is 4.67. The smallest absolute Gasteiger partial charge is 0.257 e. The van der Waals surface area contributed by atoms with E-state index in [-0.39, 0.29) is 0 Å². The van der Waals surface area contributed by atoms with E-state index in [2.05, 4.69) is 108 Å². The summed E-state index contributed by atoms with van der Waals surface area (Å²) < 4.78 is 12.0. The van der Waals surface area contributed by atoms with Gasteiger partial charge in [0.05, 0.1) is 11.5 Å². The highest BCUT2D eigenvalue weighted by Gasteiger charge is 2.71. The van der Waals surface area contributed by atoms with Gasteiger partial charge in [0.2, 0.25) is 11.3 Å². The van der Waals surface area contributed by atoms with Crippen LogP contribution in [0.4, 0.5) is 0 Å². The topological polar surface area (TPSA) is 20.0 Å². The number of pyridine rings is 1. The molecule has 0 radical (unpaired) electrons. The van der Waals surface area contributed by atoms with Gasteiger partial charge in [-0.3, -0.25) is 0 Å². The number of hydrogen-bond donors (Lipinski definition) is 0. The molecule has 6 unspecified atom stereocenters. The first-order valence-corrected chi connectivity index (χ1v) is 13.9. The summed E-state index contributed by atoms with van der Waals surface area (Å²) in [6.07, 6.45) is 13.8. The third kappa shape index (κ3) is 2.52.